The minimum Gasteiger partial charge on any atom is -0.343 e. The lowest BCUT2D eigenvalue weighted by atomic mass is 10.1. The molecule has 0 radical (unpaired) electrons. The molecule has 0 bridgehead atoms. The highest BCUT2D eigenvalue weighted by atomic mass is 15.1. The van der Waals surface area contributed by atoms with Gasteiger partial charge in [0.25, 0.3) is 0 Å². The summed E-state index contributed by atoms with van der Waals surface area (Å²) in [6.45, 7) is 3.13. The molecular weight excluding hydrogens is 284 g/mol. The third-order valence-electron chi connectivity index (χ3n) is 4.57. The molecule has 0 fully saturated rings. The van der Waals surface area contributed by atoms with Crippen LogP contribution in [0, 0.1) is 0 Å². The standard InChI is InChI=1S/C18H20N4.CH4/c1-21-11-7-16-15(13-21)18-17(3-2-8-20-18)22(16)12-6-14-4-9-19-10-5-14;/h2-5,8-10H,6-7,11-13H2,1H3;1H4. The van der Waals surface area contributed by atoms with E-state index >= 15 is 0 Å². The van der Waals surface area contributed by atoms with E-state index in [2.05, 4.69) is 44.7 Å². The number of likely N-dealkylation sites (N-methyl/N-ethyl adjacent to an activating group) is 1. The molecule has 1 aliphatic heterocycles. The van der Waals surface area contributed by atoms with Gasteiger partial charge in [-0.1, -0.05) is 7.43 Å². The average molecular weight is 308 g/mol. The second kappa shape index (κ2) is 6.50. The van der Waals surface area contributed by atoms with Crippen LogP contribution in [0.5, 0.6) is 0 Å². The van der Waals surface area contributed by atoms with E-state index in [-0.39, 0.29) is 7.43 Å². The molecule has 0 saturated carbocycles. The molecule has 23 heavy (non-hydrogen) atoms. The highest BCUT2D eigenvalue weighted by molar-refractivity contribution is 5.81. The van der Waals surface area contributed by atoms with E-state index in [1.807, 2.05) is 24.7 Å². The normalized spacial score (nSPS) is 14.5. The molecular formula is C19H24N4. The van der Waals surface area contributed by atoms with Gasteiger partial charge in [0.2, 0.25) is 0 Å². The Morgan fingerprint density at radius 1 is 1.13 bits per heavy atom. The van der Waals surface area contributed by atoms with Crippen LogP contribution >= 0.6 is 0 Å². The molecule has 0 atom stereocenters. The fourth-order valence-corrected chi connectivity index (χ4v) is 3.44. The topological polar surface area (TPSA) is 34.0 Å². The number of aromatic nitrogens is 3. The van der Waals surface area contributed by atoms with Crippen molar-refractivity contribution in [1.82, 2.24) is 19.4 Å². The summed E-state index contributed by atoms with van der Waals surface area (Å²) in [6.07, 6.45) is 7.79. The Hall–Kier alpha value is -2.20. The van der Waals surface area contributed by atoms with Crippen LogP contribution in [0.25, 0.3) is 11.0 Å². The van der Waals surface area contributed by atoms with Gasteiger partial charge in [-0.15, -0.1) is 0 Å². The predicted octanol–water partition coefficient (Wildman–Crippen LogP) is 3.30. The minimum atomic E-state index is 0. The lowest BCUT2D eigenvalue weighted by molar-refractivity contribution is 0.309. The van der Waals surface area contributed by atoms with Gasteiger partial charge in [0.1, 0.15) is 0 Å². The minimum absolute atomic E-state index is 0. The van der Waals surface area contributed by atoms with Crippen molar-refractivity contribution in [2.24, 2.45) is 0 Å². The van der Waals surface area contributed by atoms with E-state index in [1.54, 1.807) is 0 Å². The van der Waals surface area contributed by atoms with Gasteiger partial charge in [-0.25, -0.2) is 0 Å². The van der Waals surface area contributed by atoms with Crippen LogP contribution in [0.2, 0.25) is 0 Å². The van der Waals surface area contributed by atoms with Gasteiger partial charge in [-0.2, -0.15) is 0 Å². The quantitative estimate of drug-likeness (QED) is 0.744. The predicted molar refractivity (Wildman–Crippen MR) is 94.4 cm³/mol. The zero-order chi connectivity index (χ0) is 14.9. The maximum Gasteiger partial charge on any atom is 0.0928 e. The van der Waals surface area contributed by atoms with Crippen molar-refractivity contribution < 1.29 is 0 Å². The van der Waals surface area contributed by atoms with Crippen molar-refractivity contribution >= 4 is 11.0 Å². The Kier molecular flexibility index (Phi) is 4.44. The Morgan fingerprint density at radius 2 is 1.96 bits per heavy atom. The van der Waals surface area contributed by atoms with Gasteiger partial charge in [-0.3, -0.25) is 9.97 Å². The van der Waals surface area contributed by atoms with Gasteiger partial charge in [0.15, 0.2) is 0 Å². The van der Waals surface area contributed by atoms with Crippen molar-refractivity contribution in [3.05, 3.63) is 59.7 Å². The lowest BCUT2D eigenvalue weighted by Crippen LogP contribution is -2.27. The van der Waals surface area contributed by atoms with Gasteiger partial charge in [0.05, 0.1) is 11.0 Å². The molecule has 4 heteroatoms. The third kappa shape index (κ3) is 2.86. The van der Waals surface area contributed by atoms with E-state index in [9.17, 15) is 0 Å². The molecule has 1 aliphatic rings. The summed E-state index contributed by atoms with van der Waals surface area (Å²) in [7, 11) is 2.19. The van der Waals surface area contributed by atoms with Crippen LogP contribution in [-0.2, 0) is 25.9 Å². The largest absolute Gasteiger partial charge is 0.343 e. The van der Waals surface area contributed by atoms with E-state index in [0.29, 0.717) is 0 Å². The number of aryl methyl sites for hydroxylation is 2. The van der Waals surface area contributed by atoms with Crippen LogP contribution < -0.4 is 0 Å². The molecule has 4 nitrogen and oxygen atoms in total. The first kappa shape index (κ1) is 15.7. The SMILES string of the molecule is C.CN1CCc2c(c3ncccc3n2CCc2ccncc2)C1. The van der Waals surface area contributed by atoms with Crippen molar-refractivity contribution in [2.75, 3.05) is 13.6 Å². The number of hydrogen-bond acceptors (Lipinski definition) is 3. The van der Waals surface area contributed by atoms with E-state index in [4.69, 9.17) is 0 Å². The summed E-state index contributed by atoms with van der Waals surface area (Å²) in [6, 6.07) is 8.45. The van der Waals surface area contributed by atoms with E-state index in [1.165, 1.54) is 27.9 Å². The van der Waals surface area contributed by atoms with Crippen LogP contribution in [-0.4, -0.2) is 33.0 Å². The first-order valence-electron chi connectivity index (χ1n) is 7.85. The molecule has 4 rings (SSSR count). The summed E-state index contributed by atoms with van der Waals surface area (Å²) < 4.78 is 2.48. The highest BCUT2D eigenvalue weighted by Gasteiger charge is 2.22. The van der Waals surface area contributed by atoms with Crippen LogP contribution in [0.1, 0.15) is 24.2 Å². The molecule has 0 aliphatic carbocycles. The first-order chi connectivity index (χ1) is 10.8. The molecule has 3 aromatic heterocycles. The number of rotatable bonds is 3. The smallest absolute Gasteiger partial charge is 0.0928 e. The highest BCUT2D eigenvalue weighted by Crippen LogP contribution is 2.29. The van der Waals surface area contributed by atoms with Crippen molar-refractivity contribution in [3.63, 3.8) is 0 Å². The number of nitrogens with zero attached hydrogens (tertiary/aromatic N) is 4. The second-order valence-electron chi connectivity index (χ2n) is 6.04. The zero-order valence-electron chi connectivity index (χ0n) is 12.9. The van der Waals surface area contributed by atoms with Gasteiger partial charge in [0, 0.05) is 55.9 Å². The molecule has 0 aromatic carbocycles. The van der Waals surface area contributed by atoms with Crippen molar-refractivity contribution in [3.8, 4) is 0 Å². The van der Waals surface area contributed by atoms with E-state index < -0.39 is 0 Å². The molecule has 120 valence electrons. The van der Waals surface area contributed by atoms with Gasteiger partial charge in [-0.05, 0) is 43.3 Å². The molecule has 0 N–H and O–H groups in total. The number of pyridine rings is 2. The maximum atomic E-state index is 4.65. The summed E-state index contributed by atoms with van der Waals surface area (Å²) in [5.41, 5.74) is 6.68. The zero-order valence-corrected chi connectivity index (χ0v) is 12.9. The molecule has 0 unspecified atom stereocenters. The summed E-state index contributed by atoms with van der Waals surface area (Å²) in [4.78, 5) is 11.1. The van der Waals surface area contributed by atoms with Crippen LogP contribution in [0.3, 0.4) is 0 Å². The number of hydrogen-bond donors (Lipinski definition) is 0. The summed E-state index contributed by atoms with van der Waals surface area (Å²) in [5.74, 6) is 0. The average Bonchev–Trinajstić information content (AvgIpc) is 2.87. The van der Waals surface area contributed by atoms with E-state index in [0.717, 1.165) is 32.5 Å². The first-order valence-corrected chi connectivity index (χ1v) is 7.85. The Balaban J connectivity index is 0.00000156. The monoisotopic (exact) mass is 308 g/mol. The molecule has 0 spiro atoms. The fraction of sp³-hybridized carbons (Fsp3) is 0.368. The summed E-state index contributed by atoms with van der Waals surface area (Å²) >= 11 is 0. The van der Waals surface area contributed by atoms with Crippen LogP contribution in [0.15, 0.2) is 42.9 Å². The van der Waals surface area contributed by atoms with Gasteiger partial charge >= 0.3 is 0 Å². The van der Waals surface area contributed by atoms with Crippen LogP contribution in [0.4, 0.5) is 0 Å². The third-order valence-corrected chi connectivity index (χ3v) is 4.57. The van der Waals surface area contributed by atoms with Gasteiger partial charge < -0.3 is 9.47 Å². The number of fused-ring (bicyclic) bond motifs is 3. The Morgan fingerprint density at radius 3 is 2.78 bits per heavy atom. The van der Waals surface area contributed by atoms with Crippen molar-refractivity contribution in [1.29, 1.82) is 0 Å². The molecule has 4 heterocycles. The molecule has 0 saturated heterocycles. The fourth-order valence-electron chi connectivity index (χ4n) is 3.44. The molecule has 3 aromatic rings. The van der Waals surface area contributed by atoms with Crippen molar-refractivity contribution in [2.45, 2.75) is 33.4 Å². The lowest BCUT2D eigenvalue weighted by Gasteiger charge is -2.24. The summed E-state index contributed by atoms with van der Waals surface area (Å²) in [5, 5.41) is 0. The maximum absolute atomic E-state index is 4.65. The Bertz CT molecular complexity index is 792. The Labute approximate surface area is 137 Å². The molecule has 0 amide bonds. The second-order valence-corrected chi connectivity index (χ2v) is 6.04.